The first kappa shape index (κ1) is 22.7. The van der Waals surface area contributed by atoms with Crippen molar-refractivity contribution >= 4 is 23.4 Å². The van der Waals surface area contributed by atoms with Gasteiger partial charge < -0.3 is 24.9 Å². The predicted octanol–water partition coefficient (Wildman–Crippen LogP) is 4.49. The Balaban J connectivity index is 1.12. The normalized spacial score (nSPS) is 19.2. The molecule has 1 saturated carbocycles. The molecule has 1 amide bonds. The molecular formula is C26H36N6O2. The van der Waals surface area contributed by atoms with E-state index in [-0.39, 0.29) is 11.7 Å². The number of pyridine rings is 1. The van der Waals surface area contributed by atoms with E-state index in [0.717, 1.165) is 70.0 Å². The van der Waals surface area contributed by atoms with Crippen LogP contribution in [-0.4, -0.2) is 48.1 Å². The zero-order chi connectivity index (χ0) is 23.5. The van der Waals surface area contributed by atoms with Gasteiger partial charge >= 0.3 is 0 Å². The summed E-state index contributed by atoms with van der Waals surface area (Å²) in [6, 6.07) is 4.92. The van der Waals surface area contributed by atoms with Gasteiger partial charge in [0.25, 0.3) is 11.9 Å². The molecule has 2 aromatic heterocycles. The highest BCUT2D eigenvalue weighted by Crippen LogP contribution is 2.34. The van der Waals surface area contributed by atoms with Crippen molar-refractivity contribution in [1.82, 2.24) is 15.3 Å². The molecule has 0 aromatic carbocycles. The lowest BCUT2D eigenvalue weighted by molar-refractivity contribution is 0.0996. The molecule has 3 fully saturated rings. The van der Waals surface area contributed by atoms with Crippen LogP contribution in [0.25, 0.3) is 0 Å². The summed E-state index contributed by atoms with van der Waals surface area (Å²) in [5.41, 5.74) is 2.46. The van der Waals surface area contributed by atoms with E-state index in [2.05, 4.69) is 37.0 Å². The third-order valence-corrected chi connectivity index (χ3v) is 7.08. The lowest BCUT2D eigenvalue weighted by atomic mass is 10.0. The van der Waals surface area contributed by atoms with E-state index in [1.807, 2.05) is 19.1 Å². The summed E-state index contributed by atoms with van der Waals surface area (Å²) >= 11 is 0. The molecule has 34 heavy (non-hydrogen) atoms. The smallest absolute Gasteiger partial charge is 0.298 e. The summed E-state index contributed by atoms with van der Waals surface area (Å²) in [5.74, 6) is 1.79. The van der Waals surface area contributed by atoms with Crippen LogP contribution in [0.5, 0.6) is 0 Å². The molecule has 182 valence electrons. The van der Waals surface area contributed by atoms with Crippen LogP contribution in [0.1, 0.15) is 67.6 Å². The molecule has 8 nitrogen and oxygen atoms in total. The first-order valence-electron chi connectivity index (χ1n) is 12.7. The van der Waals surface area contributed by atoms with Crippen LogP contribution in [0, 0.1) is 12.8 Å². The van der Waals surface area contributed by atoms with Crippen LogP contribution in [0.3, 0.4) is 0 Å². The molecule has 3 aliphatic rings. The van der Waals surface area contributed by atoms with E-state index in [4.69, 9.17) is 4.42 Å². The standard InChI is InChI=1S/C26H36N6O2/c1-18(16-20-6-7-20)28-21-10-14-31(15-11-21)23-9-8-22(17-27-23)30-25(33)24-19(2)29-26(34-24)32-12-4-3-5-13-32/h8-9,17,20-21,28H,1,3-7,10-16H2,2H3,(H,30,33). The van der Waals surface area contributed by atoms with Crippen molar-refractivity contribution in [1.29, 1.82) is 0 Å². The highest BCUT2D eigenvalue weighted by atomic mass is 16.4. The lowest BCUT2D eigenvalue weighted by Gasteiger charge is -2.34. The average Bonchev–Trinajstić information content (AvgIpc) is 3.58. The van der Waals surface area contributed by atoms with Crippen LogP contribution >= 0.6 is 0 Å². The number of anilines is 3. The molecule has 2 saturated heterocycles. The number of amides is 1. The Morgan fingerprint density at radius 1 is 1.09 bits per heavy atom. The van der Waals surface area contributed by atoms with Gasteiger partial charge in [0.05, 0.1) is 17.6 Å². The van der Waals surface area contributed by atoms with Gasteiger partial charge in [-0.2, -0.15) is 4.98 Å². The highest BCUT2D eigenvalue weighted by Gasteiger charge is 2.25. The van der Waals surface area contributed by atoms with Gasteiger partial charge in [0.15, 0.2) is 0 Å². The Morgan fingerprint density at radius 2 is 1.85 bits per heavy atom. The molecule has 5 rings (SSSR count). The molecule has 2 aromatic rings. The van der Waals surface area contributed by atoms with Crippen LogP contribution < -0.4 is 20.4 Å². The van der Waals surface area contributed by atoms with Gasteiger partial charge in [-0.3, -0.25) is 4.79 Å². The van der Waals surface area contributed by atoms with E-state index in [1.165, 1.54) is 25.0 Å². The van der Waals surface area contributed by atoms with Crippen molar-refractivity contribution < 1.29 is 9.21 Å². The van der Waals surface area contributed by atoms with Gasteiger partial charge in [0.1, 0.15) is 5.82 Å². The molecule has 1 aliphatic carbocycles. The monoisotopic (exact) mass is 464 g/mol. The zero-order valence-electron chi connectivity index (χ0n) is 20.2. The predicted molar refractivity (Wildman–Crippen MR) is 134 cm³/mol. The molecule has 2 N–H and O–H groups in total. The third-order valence-electron chi connectivity index (χ3n) is 7.08. The second-order valence-corrected chi connectivity index (χ2v) is 9.97. The molecule has 0 bridgehead atoms. The number of nitrogens with zero attached hydrogens (tertiary/aromatic N) is 4. The Bertz CT molecular complexity index is 999. The Kier molecular flexibility index (Phi) is 6.74. The maximum atomic E-state index is 12.8. The van der Waals surface area contributed by atoms with Crippen LogP contribution in [0.4, 0.5) is 17.5 Å². The minimum atomic E-state index is -0.291. The van der Waals surface area contributed by atoms with E-state index in [1.54, 1.807) is 6.20 Å². The summed E-state index contributed by atoms with van der Waals surface area (Å²) in [6.45, 7) is 9.79. The Hall–Kier alpha value is -3.03. The minimum Gasteiger partial charge on any atom is -0.418 e. The number of allylic oxidation sites excluding steroid dienone is 1. The fourth-order valence-electron chi connectivity index (χ4n) is 4.92. The van der Waals surface area contributed by atoms with Gasteiger partial charge in [-0.05, 0) is 76.3 Å². The molecule has 2 aliphatic heterocycles. The summed E-state index contributed by atoms with van der Waals surface area (Å²) in [5, 5.41) is 6.53. The maximum absolute atomic E-state index is 12.8. The van der Waals surface area contributed by atoms with Gasteiger partial charge in [0, 0.05) is 37.9 Å². The Morgan fingerprint density at radius 3 is 2.53 bits per heavy atom. The summed E-state index contributed by atoms with van der Waals surface area (Å²) < 4.78 is 5.83. The summed E-state index contributed by atoms with van der Waals surface area (Å²) in [7, 11) is 0. The fraction of sp³-hybridized carbons (Fsp3) is 0.577. The van der Waals surface area contributed by atoms with Crippen molar-refractivity contribution in [2.75, 3.05) is 41.3 Å². The zero-order valence-corrected chi connectivity index (χ0v) is 20.2. The van der Waals surface area contributed by atoms with Crippen LogP contribution in [-0.2, 0) is 0 Å². The number of hydrogen-bond donors (Lipinski definition) is 2. The quantitative estimate of drug-likeness (QED) is 0.595. The second kappa shape index (κ2) is 10.1. The van der Waals surface area contributed by atoms with Crippen LogP contribution in [0.2, 0.25) is 0 Å². The number of carbonyl (C=O) groups is 1. The highest BCUT2D eigenvalue weighted by molar-refractivity contribution is 6.03. The van der Waals surface area contributed by atoms with Gasteiger partial charge in [-0.1, -0.05) is 6.58 Å². The van der Waals surface area contributed by atoms with E-state index in [0.29, 0.717) is 23.4 Å². The molecule has 0 unspecified atom stereocenters. The van der Waals surface area contributed by atoms with Crippen LogP contribution in [0.15, 0.2) is 35.0 Å². The number of hydrogen-bond acceptors (Lipinski definition) is 7. The molecular weight excluding hydrogens is 428 g/mol. The third kappa shape index (κ3) is 5.54. The van der Waals surface area contributed by atoms with Crippen molar-refractivity contribution in [3.05, 3.63) is 42.1 Å². The van der Waals surface area contributed by atoms with Gasteiger partial charge in [0.2, 0.25) is 5.76 Å². The molecule has 0 spiro atoms. The van der Waals surface area contributed by atoms with Crippen molar-refractivity contribution in [3.63, 3.8) is 0 Å². The number of piperidine rings is 2. The maximum Gasteiger partial charge on any atom is 0.298 e. The largest absolute Gasteiger partial charge is 0.418 e. The first-order chi connectivity index (χ1) is 16.5. The van der Waals surface area contributed by atoms with Gasteiger partial charge in [-0.15, -0.1) is 0 Å². The number of aromatic nitrogens is 2. The average molecular weight is 465 g/mol. The fourth-order valence-corrected chi connectivity index (χ4v) is 4.92. The Labute approximate surface area is 201 Å². The molecule has 8 heteroatoms. The second-order valence-electron chi connectivity index (χ2n) is 9.97. The number of aryl methyl sites for hydroxylation is 1. The number of rotatable bonds is 8. The van der Waals surface area contributed by atoms with Crippen molar-refractivity contribution in [3.8, 4) is 0 Å². The van der Waals surface area contributed by atoms with Gasteiger partial charge in [-0.25, -0.2) is 4.98 Å². The van der Waals surface area contributed by atoms with Crippen molar-refractivity contribution in [2.24, 2.45) is 5.92 Å². The number of nitrogens with one attached hydrogen (secondary N) is 2. The SMILES string of the molecule is C=C(CC1CC1)NC1CCN(c2ccc(NC(=O)c3oc(N4CCCCC4)nc3C)cn2)CC1. The summed E-state index contributed by atoms with van der Waals surface area (Å²) in [4.78, 5) is 26.3. The number of oxazole rings is 1. The summed E-state index contributed by atoms with van der Waals surface area (Å²) in [6.07, 6.45) is 11.2. The number of carbonyl (C=O) groups excluding carboxylic acids is 1. The topological polar surface area (TPSA) is 86.5 Å². The van der Waals surface area contributed by atoms with E-state index < -0.39 is 0 Å². The molecule has 0 radical (unpaired) electrons. The first-order valence-corrected chi connectivity index (χ1v) is 12.7. The molecule has 4 heterocycles. The van der Waals surface area contributed by atoms with Crippen molar-refractivity contribution in [2.45, 2.75) is 64.3 Å². The lowest BCUT2D eigenvalue weighted by Crippen LogP contribution is -2.42. The molecule has 0 atom stereocenters. The van der Waals surface area contributed by atoms with E-state index >= 15 is 0 Å². The minimum absolute atomic E-state index is 0.266. The van der Waals surface area contributed by atoms with E-state index in [9.17, 15) is 4.79 Å².